The molecule has 0 radical (unpaired) electrons. The Morgan fingerprint density at radius 1 is 0.738 bits per heavy atom. The Kier molecular flexibility index (Phi) is 8.69. The molecule has 212 valence electrons. The molecule has 0 bridgehead atoms. The van der Waals surface area contributed by atoms with Gasteiger partial charge in [-0.2, -0.15) is 0 Å². The number of carbonyl (C=O) groups excluding carboxylic acids is 1. The van der Waals surface area contributed by atoms with Gasteiger partial charge in [-0.1, -0.05) is 103 Å². The van der Waals surface area contributed by atoms with Gasteiger partial charge in [-0.05, 0) is 60.0 Å². The molecule has 0 heterocycles. The quantitative estimate of drug-likeness (QED) is 0.196. The van der Waals surface area contributed by atoms with E-state index < -0.39 is 16.1 Å². The molecule has 0 spiro atoms. The second-order valence-electron chi connectivity index (χ2n) is 9.92. The summed E-state index contributed by atoms with van der Waals surface area (Å²) in [6, 6.07) is 39.7. The number of methoxy groups -OCH3 is 1. The van der Waals surface area contributed by atoms with Crippen LogP contribution in [-0.4, -0.2) is 21.4 Å². The topological polar surface area (TPSA) is 75.7 Å². The third-order valence-electron chi connectivity index (χ3n) is 7.05. The number of hydrogen-bond donors (Lipinski definition) is 1. The summed E-state index contributed by atoms with van der Waals surface area (Å²) in [5.74, 6) is 0.161. The van der Waals surface area contributed by atoms with E-state index in [1.165, 1.54) is 23.5 Å². The molecule has 0 aliphatic heterocycles. The van der Waals surface area contributed by atoms with E-state index in [1.54, 1.807) is 36.4 Å². The maximum Gasteiger partial charge on any atom is 0.264 e. The van der Waals surface area contributed by atoms with Crippen LogP contribution in [0, 0.1) is 6.92 Å². The fourth-order valence-electron chi connectivity index (χ4n) is 4.78. The molecule has 1 N–H and O–H groups in total. The first-order valence-corrected chi connectivity index (χ1v) is 15.0. The van der Waals surface area contributed by atoms with Gasteiger partial charge in [-0.25, -0.2) is 8.42 Å². The molecule has 0 saturated carbocycles. The van der Waals surface area contributed by atoms with E-state index in [1.807, 2.05) is 91.9 Å². The van der Waals surface area contributed by atoms with Gasteiger partial charge in [0.05, 0.1) is 35.8 Å². The monoisotopic (exact) mass is 576 g/mol. The highest BCUT2D eigenvalue weighted by atomic mass is 32.2. The predicted octanol–water partition coefficient (Wildman–Crippen LogP) is 6.92. The fraction of sp³-hybridized carbons (Fsp3) is 0.114. The summed E-state index contributed by atoms with van der Waals surface area (Å²) in [6.07, 6.45) is 0. The maximum absolute atomic E-state index is 14.2. The Morgan fingerprint density at radius 2 is 1.31 bits per heavy atom. The van der Waals surface area contributed by atoms with Crippen LogP contribution in [0.2, 0.25) is 0 Å². The van der Waals surface area contributed by atoms with Crippen LogP contribution in [0.5, 0.6) is 5.75 Å². The number of sulfonamides is 1. The molecule has 1 amide bonds. The standard InChI is InChI=1S/C35H32N2O4S/c1-26-17-19-29(20-18-26)34(28-13-7-4-8-14-28)36-35(38)32-15-9-10-16-33(32)37(25-27-11-5-3-6-12-27)42(39,40)31-23-21-30(41-2)22-24-31/h3-24,34H,25H2,1-2H3,(H,36,38)/t34-/m0/s1. The molecule has 42 heavy (non-hydrogen) atoms. The first-order valence-electron chi connectivity index (χ1n) is 13.6. The number of anilines is 1. The minimum Gasteiger partial charge on any atom is -0.497 e. The van der Waals surface area contributed by atoms with Crippen LogP contribution < -0.4 is 14.4 Å². The summed E-state index contributed by atoms with van der Waals surface area (Å²) in [6.45, 7) is 2.06. The van der Waals surface area contributed by atoms with E-state index in [9.17, 15) is 13.2 Å². The van der Waals surface area contributed by atoms with Crippen molar-refractivity contribution in [1.29, 1.82) is 0 Å². The van der Waals surface area contributed by atoms with Crippen molar-refractivity contribution in [3.63, 3.8) is 0 Å². The third kappa shape index (κ3) is 6.37. The average Bonchev–Trinajstić information content (AvgIpc) is 3.04. The molecule has 0 saturated heterocycles. The summed E-state index contributed by atoms with van der Waals surface area (Å²) in [4.78, 5) is 14.1. The molecule has 0 aliphatic rings. The van der Waals surface area contributed by atoms with E-state index in [0.717, 1.165) is 22.3 Å². The van der Waals surface area contributed by atoms with Gasteiger partial charge in [0.1, 0.15) is 5.75 Å². The molecule has 7 heteroatoms. The maximum atomic E-state index is 14.2. The number of nitrogens with one attached hydrogen (secondary N) is 1. The molecule has 0 aliphatic carbocycles. The Balaban J connectivity index is 1.57. The van der Waals surface area contributed by atoms with Gasteiger partial charge >= 0.3 is 0 Å². The highest BCUT2D eigenvalue weighted by Crippen LogP contribution is 2.31. The Labute approximate surface area is 247 Å². The van der Waals surface area contributed by atoms with Crippen molar-refractivity contribution in [3.8, 4) is 5.75 Å². The number of nitrogens with zero attached hydrogens (tertiary/aromatic N) is 1. The Hall–Kier alpha value is -4.88. The molecule has 0 fully saturated rings. The lowest BCUT2D eigenvalue weighted by Gasteiger charge is -2.27. The Bertz CT molecular complexity index is 1740. The molecule has 5 rings (SSSR count). The molecule has 0 unspecified atom stereocenters. The van der Waals surface area contributed by atoms with E-state index in [0.29, 0.717) is 5.75 Å². The van der Waals surface area contributed by atoms with Gasteiger partial charge in [0, 0.05) is 0 Å². The first-order chi connectivity index (χ1) is 20.4. The van der Waals surface area contributed by atoms with Gasteiger partial charge in [-0.15, -0.1) is 0 Å². The summed E-state index contributed by atoms with van der Waals surface area (Å²) in [5.41, 5.74) is 4.27. The zero-order valence-corrected chi connectivity index (χ0v) is 24.3. The smallest absolute Gasteiger partial charge is 0.264 e. The van der Waals surface area contributed by atoms with Crippen LogP contribution in [0.15, 0.2) is 138 Å². The van der Waals surface area contributed by atoms with Crippen molar-refractivity contribution >= 4 is 21.6 Å². The van der Waals surface area contributed by atoms with Crippen LogP contribution in [0.4, 0.5) is 5.69 Å². The normalized spacial score (nSPS) is 11.9. The predicted molar refractivity (Wildman–Crippen MR) is 166 cm³/mol. The zero-order valence-electron chi connectivity index (χ0n) is 23.5. The second kappa shape index (κ2) is 12.7. The van der Waals surface area contributed by atoms with Gasteiger partial charge in [-0.3, -0.25) is 9.10 Å². The van der Waals surface area contributed by atoms with Crippen LogP contribution in [0.25, 0.3) is 0 Å². The van der Waals surface area contributed by atoms with E-state index >= 15 is 0 Å². The number of hydrogen-bond acceptors (Lipinski definition) is 4. The van der Waals surface area contributed by atoms with Crippen molar-refractivity contribution in [2.45, 2.75) is 24.4 Å². The number of amides is 1. The van der Waals surface area contributed by atoms with Crippen LogP contribution in [0.1, 0.15) is 38.7 Å². The number of benzene rings is 5. The van der Waals surface area contributed by atoms with Crippen molar-refractivity contribution < 1.29 is 17.9 Å². The molecular formula is C35H32N2O4S. The first kappa shape index (κ1) is 28.6. The second-order valence-corrected chi connectivity index (χ2v) is 11.8. The number of ether oxygens (including phenoxy) is 1. The zero-order chi connectivity index (χ0) is 29.5. The van der Waals surface area contributed by atoms with Gasteiger partial charge < -0.3 is 10.1 Å². The van der Waals surface area contributed by atoms with Gasteiger partial charge in [0.2, 0.25) is 0 Å². The minimum atomic E-state index is -4.07. The fourth-order valence-corrected chi connectivity index (χ4v) is 6.25. The third-order valence-corrected chi connectivity index (χ3v) is 8.83. The summed E-state index contributed by atoms with van der Waals surface area (Å²) >= 11 is 0. The number of para-hydroxylation sites is 1. The summed E-state index contributed by atoms with van der Waals surface area (Å²) in [7, 11) is -2.55. The van der Waals surface area contributed by atoms with Crippen molar-refractivity contribution in [2.24, 2.45) is 0 Å². The van der Waals surface area contributed by atoms with Gasteiger partial charge in [0.25, 0.3) is 15.9 Å². The van der Waals surface area contributed by atoms with Gasteiger partial charge in [0.15, 0.2) is 0 Å². The van der Waals surface area contributed by atoms with Crippen LogP contribution >= 0.6 is 0 Å². The number of rotatable bonds is 10. The molecule has 6 nitrogen and oxygen atoms in total. The molecule has 5 aromatic carbocycles. The van der Waals surface area contributed by atoms with Crippen LogP contribution in [-0.2, 0) is 16.6 Å². The lowest BCUT2D eigenvalue weighted by molar-refractivity contribution is 0.0943. The van der Waals surface area contributed by atoms with Crippen molar-refractivity contribution in [2.75, 3.05) is 11.4 Å². The lowest BCUT2D eigenvalue weighted by atomic mass is 9.97. The summed E-state index contributed by atoms with van der Waals surface area (Å²) in [5, 5.41) is 3.17. The molecular weight excluding hydrogens is 544 g/mol. The molecule has 1 atom stereocenters. The van der Waals surface area contributed by atoms with Crippen molar-refractivity contribution in [3.05, 3.63) is 161 Å². The lowest BCUT2D eigenvalue weighted by Crippen LogP contribution is -2.34. The Morgan fingerprint density at radius 3 is 1.95 bits per heavy atom. The number of carbonyl (C=O) groups is 1. The van der Waals surface area contributed by atoms with Crippen molar-refractivity contribution in [1.82, 2.24) is 5.32 Å². The minimum absolute atomic E-state index is 0.0412. The highest BCUT2D eigenvalue weighted by Gasteiger charge is 2.29. The van der Waals surface area contributed by atoms with E-state index in [2.05, 4.69) is 5.32 Å². The van der Waals surface area contributed by atoms with Crippen LogP contribution in [0.3, 0.4) is 0 Å². The summed E-state index contributed by atoms with van der Waals surface area (Å²) < 4.78 is 34.8. The molecule has 5 aromatic rings. The average molecular weight is 577 g/mol. The SMILES string of the molecule is COc1ccc(S(=O)(=O)N(Cc2ccccc2)c2ccccc2C(=O)N[C@@H](c2ccccc2)c2ccc(C)cc2)cc1. The van der Waals surface area contributed by atoms with E-state index in [4.69, 9.17) is 4.74 Å². The largest absolute Gasteiger partial charge is 0.497 e. The highest BCUT2D eigenvalue weighted by molar-refractivity contribution is 7.92. The van der Waals surface area contributed by atoms with E-state index in [-0.39, 0.29) is 28.6 Å². The number of aryl methyl sites for hydroxylation is 1. The molecule has 0 aromatic heterocycles.